The van der Waals surface area contributed by atoms with Gasteiger partial charge in [0.2, 0.25) is 5.91 Å². The minimum Gasteiger partial charge on any atom is -0.338 e. The van der Waals surface area contributed by atoms with Crippen molar-refractivity contribution >= 4 is 5.91 Å². The Morgan fingerprint density at radius 1 is 1.50 bits per heavy atom. The maximum Gasteiger partial charge on any atom is 0.222 e. The molecule has 0 aliphatic carbocycles. The van der Waals surface area contributed by atoms with Crippen molar-refractivity contribution in [2.24, 2.45) is 11.7 Å². The van der Waals surface area contributed by atoms with E-state index in [1.165, 1.54) is 0 Å². The Bertz CT molecular complexity index is 201. The monoisotopic (exact) mass is 198 g/mol. The van der Waals surface area contributed by atoms with Crippen LogP contribution in [0.1, 0.15) is 40.0 Å². The SMILES string of the molecule is CC(N)CN1C(=O)CCCC1C(C)C. The van der Waals surface area contributed by atoms with Crippen molar-refractivity contribution in [2.45, 2.75) is 52.1 Å². The second-order valence-corrected chi connectivity index (χ2v) is 4.73. The zero-order valence-electron chi connectivity index (χ0n) is 9.49. The van der Waals surface area contributed by atoms with Crippen molar-refractivity contribution in [1.29, 1.82) is 0 Å². The van der Waals surface area contributed by atoms with E-state index in [0.717, 1.165) is 12.8 Å². The molecule has 1 rings (SSSR count). The van der Waals surface area contributed by atoms with E-state index in [-0.39, 0.29) is 11.9 Å². The molecule has 2 unspecified atom stereocenters. The van der Waals surface area contributed by atoms with Crippen LogP contribution >= 0.6 is 0 Å². The van der Waals surface area contributed by atoms with Crippen LogP contribution in [0.3, 0.4) is 0 Å². The lowest BCUT2D eigenvalue weighted by Gasteiger charge is -2.39. The lowest BCUT2D eigenvalue weighted by Crippen LogP contribution is -2.50. The first-order valence-corrected chi connectivity index (χ1v) is 5.57. The van der Waals surface area contributed by atoms with Gasteiger partial charge in [-0.1, -0.05) is 13.8 Å². The van der Waals surface area contributed by atoms with E-state index < -0.39 is 0 Å². The summed E-state index contributed by atoms with van der Waals surface area (Å²) >= 11 is 0. The molecule has 0 saturated carbocycles. The Hall–Kier alpha value is -0.570. The van der Waals surface area contributed by atoms with Gasteiger partial charge in [-0.25, -0.2) is 0 Å². The number of rotatable bonds is 3. The van der Waals surface area contributed by atoms with Crippen LogP contribution in [0.2, 0.25) is 0 Å². The fourth-order valence-electron chi connectivity index (χ4n) is 2.19. The fourth-order valence-corrected chi connectivity index (χ4v) is 2.19. The molecule has 2 atom stereocenters. The zero-order chi connectivity index (χ0) is 10.7. The molecule has 1 saturated heterocycles. The summed E-state index contributed by atoms with van der Waals surface area (Å²) in [7, 11) is 0. The zero-order valence-corrected chi connectivity index (χ0v) is 9.49. The third-order valence-corrected chi connectivity index (χ3v) is 2.87. The lowest BCUT2D eigenvalue weighted by atomic mass is 9.92. The summed E-state index contributed by atoms with van der Waals surface area (Å²) < 4.78 is 0. The summed E-state index contributed by atoms with van der Waals surface area (Å²) in [5.41, 5.74) is 5.75. The minimum atomic E-state index is 0.0818. The van der Waals surface area contributed by atoms with Gasteiger partial charge in [0, 0.05) is 25.0 Å². The first kappa shape index (κ1) is 11.5. The van der Waals surface area contributed by atoms with Gasteiger partial charge in [0.15, 0.2) is 0 Å². The molecule has 0 bridgehead atoms. The summed E-state index contributed by atoms with van der Waals surface area (Å²) in [4.78, 5) is 13.7. The molecule has 0 spiro atoms. The van der Waals surface area contributed by atoms with Gasteiger partial charge >= 0.3 is 0 Å². The Balaban J connectivity index is 2.66. The van der Waals surface area contributed by atoms with Crippen LogP contribution in [-0.4, -0.2) is 29.4 Å². The highest BCUT2D eigenvalue weighted by molar-refractivity contribution is 5.77. The smallest absolute Gasteiger partial charge is 0.222 e. The molecule has 2 N–H and O–H groups in total. The third-order valence-electron chi connectivity index (χ3n) is 2.87. The Morgan fingerprint density at radius 3 is 2.64 bits per heavy atom. The molecule has 3 nitrogen and oxygen atoms in total. The molecule has 1 amide bonds. The highest BCUT2D eigenvalue weighted by Gasteiger charge is 2.30. The molecule has 0 radical (unpaired) electrons. The predicted octanol–water partition coefficient (Wildman–Crippen LogP) is 1.37. The van der Waals surface area contributed by atoms with Crippen LogP contribution in [0, 0.1) is 5.92 Å². The highest BCUT2D eigenvalue weighted by atomic mass is 16.2. The van der Waals surface area contributed by atoms with Crippen molar-refractivity contribution in [2.75, 3.05) is 6.54 Å². The van der Waals surface area contributed by atoms with Gasteiger partial charge in [-0.15, -0.1) is 0 Å². The van der Waals surface area contributed by atoms with Crippen LogP contribution in [0.4, 0.5) is 0 Å². The van der Waals surface area contributed by atoms with Gasteiger partial charge in [0.1, 0.15) is 0 Å². The van der Waals surface area contributed by atoms with Gasteiger partial charge < -0.3 is 10.6 Å². The van der Waals surface area contributed by atoms with Gasteiger partial charge in [-0.2, -0.15) is 0 Å². The predicted molar refractivity (Wildman–Crippen MR) is 57.8 cm³/mol. The molecule has 0 aromatic heterocycles. The molecule has 14 heavy (non-hydrogen) atoms. The van der Waals surface area contributed by atoms with Gasteiger partial charge in [-0.05, 0) is 25.7 Å². The second-order valence-electron chi connectivity index (χ2n) is 4.73. The largest absolute Gasteiger partial charge is 0.338 e. The summed E-state index contributed by atoms with van der Waals surface area (Å²) in [6.07, 6.45) is 2.88. The maximum atomic E-state index is 11.7. The molecule has 0 aromatic rings. The van der Waals surface area contributed by atoms with Gasteiger partial charge in [0.05, 0.1) is 0 Å². The van der Waals surface area contributed by atoms with Crippen molar-refractivity contribution in [3.8, 4) is 0 Å². The van der Waals surface area contributed by atoms with Crippen molar-refractivity contribution in [3.63, 3.8) is 0 Å². The third kappa shape index (κ3) is 2.71. The maximum absolute atomic E-state index is 11.7. The van der Waals surface area contributed by atoms with Crippen LogP contribution in [0.15, 0.2) is 0 Å². The van der Waals surface area contributed by atoms with Crippen LogP contribution in [-0.2, 0) is 4.79 Å². The number of amides is 1. The number of likely N-dealkylation sites (tertiary alicyclic amines) is 1. The molecule has 82 valence electrons. The number of piperidine rings is 1. The van der Waals surface area contributed by atoms with Crippen LogP contribution in [0.5, 0.6) is 0 Å². The highest BCUT2D eigenvalue weighted by Crippen LogP contribution is 2.23. The van der Waals surface area contributed by atoms with E-state index in [9.17, 15) is 4.79 Å². The second kappa shape index (κ2) is 4.78. The van der Waals surface area contributed by atoms with E-state index >= 15 is 0 Å². The van der Waals surface area contributed by atoms with E-state index in [1.54, 1.807) is 0 Å². The van der Waals surface area contributed by atoms with Gasteiger partial charge in [-0.3, -0.25) is 4.79 Å². The molecule has 1 aliphatic rings. The summed E-state index contributed by atoms with van der Waals surface area (Å²) in [5.74, 6) is 0.824. The van der Waals surface area contributed by atoms with Gasteiger partial charge in [0.25, 0.3) is 0 Å². The number of nitrogens with zero attached hydrogens (tertiary/aromatic N) is 1. The molecule has 1 aliphatic heterocycles. The number of carbonyl (C=O) groups is 1. The molecule has 0 aromatic carbocycles. The fraction of sp³-hybridized carbons (Fsp3) is 0.909. The summed E-state index contributed by atoms with van der Waals surface area (Å²) in [5, 5.41) is 0. The number of carbonyl (C=O) groups excluding carboxylic acids is 1. The van der Waals surface area contributed by atoms with Crippen LogP contribution < -0.4 is 5.73 Å². The Kier molecular flexibility index (Phi) is 3.93. The van der Waals surface area contributed by atoms with E-state index in [4.69, 9.17) is 5.73 Å². The topological polar surface area (TPSA) is 46.3 Å². The Labute approximate surface area is 86.6 Å². The van der Waals surface area contributed by atoms with Crippen molar-refractivity contribution in [3.05, 3.63) is 0 Å². The van der Waals surface area contributed by atoms with E-state index in [2.05, 4.69) is 13.8 Å². The number of hydrogen-bond donors (Lipinski definition) is 1. The summed E-state index contributed by atoms with van der Waals surface area (Å²) in [6.45, 7) is 7.02. The van der Waals surface area contributed by atoms with Crippen molar-refractivity contribution < 1.29 is 4.79 Å². The summed E-state index contributed by atoms with van der Waals surface area (Å²) in [6, 6.07) is 0.487. The van der Waals surface area contributed by atoms with Crippen LogP contribution in [0.25, 0.3) is 0 Å². The normalized spacial score (nSPS) is 25.6. The average molecular weight is 198 g/mol. The van der Waals surface area contributed by atoms with Crippen molar-refractivity contribution in [1.82, 2.24) is 4.90 Å². The molecule has 1 heterocycles. The quantitative estimate of drug-likeness (QED) is 0.744. The molecular formula is C11H22N2O. The number of nitrogens with two attached hydrogens (primary N) is 1. The number of hydrogen-bond acceptors (Lipinski definition) is 2. The van der Waals surface area contributed by atoms with E-state index in [1.807, 2.05) is 11.8 Å². The molecular weight excluding hydrogens is 176 g/mol. The first-order valence-electron chi connectivity index (χ1n) is 5.57. The lowest BCUT2D eigenvalue weighted by molar-refractivity contribution is -0.137. The Morgan fingerprint density at radius 2 is 2.14 bits per heavy atom. The first-order chi connectivity index (χ1) is 6.52. The standard InChI is InChI=1S/C11H22N2O/c1-8(2)10-5-4-6-11(14)13(10)7-9(3)12/h8-10H,4-7,12H2,1-3H3. The minimum absolute atomic E-state index is 0.0818. The van der Waals surface area contributed by atoms with E-state index in [0.29, 0.717) is 24.9 Å². The molecule has 3 heteroatoms. The molecule has 1 fully saturated rings. The average Bonchev–Trinajstić information content (AvgIpc) is 2.07.